The number of aliphatic hydroxyl groups is 1. The van der Waals surface area contributed by atoms with Gasteiger partial charge in [-0.15, -0.1) is 0 Å². The quantitative estimate of drug-likeness (QED) is 0.197. The molecule has 0 amide bonds. The van der Waals surface area contributed by atoms with E-state index in [4.69, 9.17) is 4.74 Å². The van der Waals surface area contributed by atoms with Gasteiger partial charge in [-0.3, -0.25) is 0 Å². The average Bonchev–Trinajstić information content (AvgIpc) is 2.79. The summed E-state index contributed by atoms with van der Waals surface area (Å²) in [5.74, 6) is 0.498. The molecule has 0 unspecified atom stereocenters. The first-order valence-electron chi connectivity index (χ1n) is 13.5. The van der Waals surface area contributed by atoms with E-state index in [1.807, 2.05) is 6.07 Å². The molecule has 0 saturated heterocycles. The van der Waals surface area contributed by atoms with Gasteiger partial charge in [0.1, 0.15) is 0 Å². The maximum absolute atomic E-state index is 10.7. The van der Waals surface area contributed by atoms with Gasteiger partial charge in [0.25, 0.3) is 0 Å². The zero-order chi connectivity index (χ0) is 22.6. The molecule has 1 N–H and O–H groups in total. The Kier molecular flexibility index (Phi) is 18.0. The number of rotatable bonds is 21. The van der Waals surface area contributed by atoms with E-state index in [1.165, 1.54) is 89.0 Å². The molecule has 0 spiro atoms. The third kappa shape index (κ3) is 15.6. The van der Waals surface area contributed by atoms with Crippen LogP contribution < -0.4 is 0 Å². The largest absolute Gasteiger partial charge is 0.393 e. The van der Waals surface area contributed by atoms with Gasteiger partial charge in [-0.05, 0) is 30.7 Å². The van der Waals surface area contributed by atoms with E-state index in [0.717, 1.165) is 19.3 Å². The fourth-order valence-electron chi connectivity index (χ4n) is 4.40. The molecule has 2 nitrogen and oxygen atoms in total. The monoisotopic (exact) mass is 432 g/mol. The first kappa shape index (κ1) is 28.2. The lowest BCUT2D eigenvalue weighted by Gasteiger charge is -2.27. The highest BCUT2D eigenvalue weighted by molar-refractivity contribution is 5.13. The number of hydrogen-bond acceptors (Lipinski definition) is 2. The van der Waals surface area contributed by atoms with E-state index in [9.17, 15) is 5.11 Å². The summed E-state index contributed by atoms with van der Waals surface area (Å²) in [6, 6.07) is 10.4. The Bertz CT molecular complexity index is 487. The lowest BCUT2D eigenvalue weighted by Crippen LogP contribution is -2.27. The van der Waals surface area contributed by atoms with Crippen molar-refractivity contribution < 1.29 is 9.84 Å². The van der Waals surface area contributed by atoms with Gasteiger partial charge in [-0.2, -0.15) is 0 Å². The Balaban J connectivity index is 2.31. The number of unbranched alkanes of at least 4 members (excludes halogenated alkanes) is 11. The Morgan fingerprint density at radius 1 is 0.710 bits per heavy atom. The summed E-state index contributed by atoms with van der Waals surface area (Å²) in [7, 11) is 0. The fraction of sp³-hybridized carbons (Fsp3) is 0.793. The van der Waals surface area contributed by atoms with E-state index in [-0.39, 0.29) is 12.2 Å². The molecule has 0 aliphatic heterocycles. The van der Waals surface area contributed by atoms with Crippen molar-refractivity contribution in [3.05, 3.63) is 35.9 Å². The van der Waals surface area contributed by atoms with Gasteiger partial charge in [-0.1, -0.05) is 135 Å². The molecule has 3 atom stereocenters. The van der Waals surface area contributed by atoms with E-state index < -0.39 is 0 Å². The fourth-order valence-corrected chi connectivity index (χ4v) is 4.40. The number of ether oxygens (including phenoxy) is 1. The molecule has 0 saturated carbocycles. The summed E-state index contributed by atoms with van der Waals surface area (Å²) in [5, 5.41) is 10.7. The summed E-state index contributed by atoms with van der Waals surface area (Å²) in [6.45, 7) is 7.50. The first-order chi connectivity index (χ1) is 15.2. The van der Waals surface area contributed by atoms with Crippen LogP contribution in [-0.2, 0) is 11.3 Å². The highest BCUT2D eigenvalue weighted by atomic mass is 16.5. The Hall–Kier alpha value is -0.860. The van der Waals surface area contributed by atoms with Crippen molar-refractivity contribution in [2.24, 2.45) is 5.92 Å². The smallest absolute Gasteiger partial charge is 0.0720 e. The molecule has 0 bridgehead atoms. The summed E-state index contributed by atoms with van der Waals surface area (Å²) in [4.78, 5) is 0. The summed E-state index contributed by atoms with van der Waals surface area (Å²) in [5.41, 5.74) is 1.22. The lowest BCUT2D eigenvalue weighted by molar-refractivity contribution is -0.0295. The summed E-state index contributed by atoms with van der Waals surface area (Å²) >= 11 is 0. The molecular weight excluding hydrogens is 380 g/mol. The molecule has 2 heteroatoms. The molecule has 180 valence electrons. The van der Waals surface area contributed by atoms with Gasteiger partial charge in [0.2, 0.25) is 0 Å². The van der Waals surface area contributed by atoms with Crippen LogP contribution in [0.1, 0.15) is 129 Å². The van der Waals surface area contributed by atoms with Gasteiger partial charge in [0.05, 0.1) is 18.8 Å². The van der Waals surface area contributed by atoms with Crippen molar-refractivity contribution in [2.75, 3.05) is 0 Å². The molecular formula is C29H52O2. The second-order valence-corrected chi connectivity index (χ2v) is 9.67. The molecule has 1 aromatic carbocycles. The predicted octanol–water partition coefficient (Wildman–Crippen LogP) is 8.85. The van der Waals surface area contributed by atoms with Crippen LogP contribution >= 0.6 is 0 Å². The number of hydrogen-bond donors (Lipinski definition) is 1. The summed E-state index contributed by atoms with van der Waals surface area (Å²) in [6.07, 6.45) is 20.0. The van der Waals surface area contributed by atoms with Gasteiger partial charge >= 0.3 is 0 Å². The van der Waals surface area contributed by atoms with Crippen molar-refractivity contribution in [3.8, 4) is 0 Å². The van der Waals surface area contributed by atoms with Crippen LogP contribution in [0, 0.1) is 5.92 Å². The van der Waals surface area contributed by atoms with Crippen LogP contribution in [0.25, 0.3) is 0 Å². The third-order valence-corrected chi connectivity index (χ3v) is 6.60. The highest BCUT2D eigenvalue weighted by Crippen LogP contribution is 2.23. The van der Waals surface area contributed by atoms with Crippen molar-refractivity contribution >= 4 is 0 Å². The van der Waals surface area contributed by atoms with Crippen LogP contribution in [0.5, 0.6) is 0 Å². The van der Waals surface area contributed by atoms with E-state index in [0.29, 0.717) is 12.5 Å². The third-order valence-electron chi connectivity index (χ3n) is 6.60. The Labute approximate surface area is 194 Å². The van der Waals surface area contributed by atoms with Gasteiger partial charge in [0, 0.05) is 0 Å². The minimum Gasteiger partial charge on any atom is -0.393 e. The molecule has 0 heterocycles. The molecule has 1 aromatic rings. The highest BCUT2D eigenvalue weighted by Gasteiger charge is 2.21. The normalized spacial score (nSPS) is 14.5. The van der Waals surface area contributed by atoms with Crippen LogP contribution in [-0.4, -0.2) is 17.3 Å². The molecule has 0 fully saturated rings. The maximum Gasteiger partial charge on any atom is 0.0720 e. The molecule has 0 radical (unpaired) electrons. The zero-order valence-electron chi connectivity index (χ0n) is 21.0. The average molecular weight is 433 g/mol. The topological polar surface area (TPSA) is 29.5 Å². The second-order valence-electron chi connectivity index (χ2n) is 9.67. The first-order valence-corrected chi connectivity index (χ1v) is 13.5. The van der Waals surface area contributed by atoms with Gasteiger partial charge < -0.3 is 9.84 Å². The molecule has 0 aromatic heterocycles. The van der Waals surface area contributed by atoms with Crippen LogP contribution in [0.3, 0.4) is 0 Å². The van der Waals surface area contributed by atoms with E-state index >= 15 is 0 Å². The lowest BCUT2D eigenvalue weighted by atomic mass is 9.92. The molecule has 0 aliphatic carbocycles. The van der Waals surface area contributed by atoms with E-state index in [1.54, 1.807) is 0 Å². The van der Waals surface area contributed by atoms with Crippen molar-refractivity contribution in [1.29, 1.82) is 0 Å². The van der Waals surface area contributed by atoms with Crippen LogP contribution in [0.15, 0.2) is 30.3 Å². The van der Waals surface area contributed by atoms with Gasteiger partial charge in [-0.25, -0.2) is 0 Å². The maximum atomic E-state index is 10.7. The summed E-state index contributed by atoms with van der Waals surface area (Å²) < 4.78 is 6.35. The standard InChI is InChI=1S/C29H52O2/c1-4-6-8-10-11-12-13-14-19-23-28(30)24-29(26(3)20-16-9-7-5-2)31-25-27-21-17-15-18-22-27/h15,17-18,21-22,26,28-30H,4-14,16,19-20,23-25H2,1-3H3/t26-,28+,29-/m0/s1. The zero-order valence-corrected chi connectivity index (χ0v) is 21.0. The van der Waals surface area contributed by atoms with E-state index in [2.05, 4.69) is 45.0 Å². The molecule has 1 rings (SSSR count). The van der Waals surface area contributed by atoms with Crippen molar-refractivity contribution in [3.63, 3.8) is 0 Å². The van der Waals surface area contributed by atoms with Gasteiger partial charge in [0.15, 0.2) is 0 Å². The van der Waals surface area contributed by atoms with Crippen LogP contribution in [0.2, 0.25) is 0 Å². The minimum absolute atomic E-state index is 0.149. The second kappa shape index (κ2) is 19.8. The number of aliphatic hydroxyl groups excluding tert-OH is 1. The van der Waals surface area contributed by atoms with Crippen molar-refractivity contribution in [1.82, 2.24) is 0 Å². The Morgan fingerprint density at radius 2 is 1.23 bits per heavy atom. The number of benzene rings is 1. The van der Waals surface area contributed by atoms with Crippen LogP contribution in [0.4, 0.5) is 0 Å². The van der Waals surface area contributed by atoms with Crippen molar-refractivity contribution in [2.45, 2.75) is 142 Å². The Morgan fingerprint density at radius 3 is 1.84 bits per heavy atom. The molecule has 0 aliphatic rings. The predicted molar refractivity (Wildman–Crippen MR) is 135 cm³/mol. The SMILES string of the molecule is CCCCCCCCCCC[C@@H](O)C[C@H](OCc1ccccc1)[C@@H](C)CCCCCC. The minimum atomic E-state index is -0.233. The molecule has 31 heavy (non-hydrogen) atoms.